The molecule has 0 fully saturated rings. The highest BCUT2D eigenvalue weighted by Gasteiger charge is 2.28. The number of carbonyl (C=O) groups is 1. The summed E-state index contributed by atoms with van der Waals surface area (Å²) in [5.74, 6) is 0.501. The Balaban J connectivity index is 2.20. The first-order chi connectivity index (χ1) is 10.1. The Kier molecular flexibility index (Phi) is 3.41. The van der Waals surface area contributed by atoms with E-state index >= 15 is 0 Å². The van der Waals surface area contributed by atoms with Gasteiger partial charge in [-0.3, -0.25) is 0 Å². The van der Waals surface area contributed by atoms with E-state index in [4.69, 9.17) is 4.74 Å². The van der Waals surface area contributed by atoms with E-state index < -0.39 is 5.97 Å². The number of carboxylic acid groups (broad SMARTS) is 1. The Morgan fingerprint density at radius 2 is 2.29 bits per heavy atom. The number of carboxylic acids is 1. The van der Waals surface area contributed by atoms with Crippen LogP contribution in [0, 0.1) is 0 Å². The lowest BCUT2D eigenvalue weighted by Gasteiger charge is -2.24. The molecule has 1 aromatic heterocycles. The summed E-state index contributed by atoms with van der Waals surface area (Å²) in [6.07, 6.45) is 2.81. The molecule has 1 aliphatic rings. The summed E-state index contributed by atoms with van der Waals surface area (Å²) < 4.78 is 7.32. The zero-order chi connectivity index (χ0) is 15.0. The molecule has 0 aliphatic carbocycles. The molecular weight excluding hydrogens is 268 g/mol. The summed E-state index contributed by atoms with van der Waals surface area (Å²) in [5.41, 5.74) is 1.90. The average molecular weight is 286 g/mol. The number of methoxy groups -OCH3 is 1. The van der Waals surface area contributed by atoms with E-state index in [9.17, 15) is 9.90 Å². The second kappa shape index (κ2) is 5.24. The van der Waals surface area contributed by atoms with Gasteiger partial charge in [-0.2, -0.15) is 0 Å². The number of benzene rings is 1. The highest BCUT2D eigenvalue weighted by molar-refractivity contribution is 5.88. The average Bonchev–Trinajstić information content (AvgIpc) is 2.88. The third kappa shape index (κ3) is 2.28. The lowest BCUT2D eigenvalue weighted by molar-refractivity contribution is 0.0689. The van der Waals surface area contributed by atoms with E-state index in [1.807, 2.05) is 24.3 Å². The number of imidazole rings is 1. The molecule has 1 aliphatic heterocycles. The van der Waals surface area contributed by atoms with Gasteiger partial charge in [0, 0.05) is 11.6 Å². The molecule has 0 saturated carbocycles. The molecule has 3 rings (SSSR count). The molecule has 1 aromatic carbocycles. The predicted octanol–water partition coefficient (Wildman–Crippen LogP) is 3.15. The Hall–Kier alpha value is -2.30. The summed E-state index contributed by atoms with van der Waals surface area (Å²) in [6.45, 7) is 2.11. The van der Waals surface area contributed by atoms with Crippen LogP contribution in [-0.4, -0.2) is 27.7 Å². The van der Waals surface area contributed by atoms with Crippen molar-refractivity contribution in [1.29, 1.82) is 0 Å². The van der Waals surface area contributed by atoms with Crippen LogP contribution in [0.3, 0.4) is 0 Å². The molecule has 1 N–H and O–H groups in total. The lowest BCUT2D eigenvalue weighted by Crippen LogP contribution is -2.17. The van der Waals surface area contributed by atoms with Gasteiger partial charge in [0.2, 0.25) is 0 Å². The monoisotopic (exact) mass is 286 g/mol. The van der Waals surface area contributed by atoms with Crippen LogP contribution in [0.5, 0.6) is 5.75 Å². The number of aromatic nitrogens is 2. The van der Waals surface area contributed by atoms with Gasteiger partial charge in [0.25, 0.3) is 0 Å². The zero-order valence-electron chi connectivity index (χ0n) is 12.2. The summed E-state index contributed by atoms with van der Waals surface area (Å²) in [5, 5.41) is 9.39. The second-order valence-electron chi connectivity index (χ2n) is 5.38. The molecule has 0 radical (unpaired) electrons. The van der Waals surface area contributed by atoms with Gasteiger partial charge >= 0.3 is 5.97 Å². The van der Waals surface area contributed by atoms with Gasteiger partial charge in [-0.15, -0.1) is 0 Å². The fourth-order valence-corrected chi connectivity index (χ4v) is 3.01. The Morgan fingerprint density at radius 3 is 3.00 bits per heavy atom. The lowest BCUT2D eigenvalue weighted by atomic mass is 10.0. The minimum Gasteiger partial charge on any atom is -0.497 e. The van der Waals surface area contributed by atoms with Crippen LogP contribution >= 0.6 is 0 Å². The smallest absolute Gasteiger partial charge is 0.356 e. The molecule has 0 amide bonds. The number of hydrogen-bond acceptors (Lipinski definition) is 3. The maximum Gasteiger partial charge on any atom is 0.356 e. The van der Waals surface area contributed by atoms with Gasteiger partial charge in [0.1, 0.15) is 11.6 Å². The molecule has 0 saturated heterocycles. The van der Waals surface area contributed by atoms with E-state index in [2.05, 4.69) is 16.5 Å². The van der Waals surface area contributed by atoms with Crippen LogP contribution in [-0.2, 0) is 6.42 Å². The van der Waals surface area contributed by atoms with E-state index in [1.165, 1.54) is 0 Å². The molecule has 5 heteroatoms. The van der Waals surface area contributed by atoms with Gasteiger partial charge in [0.15, 0.2) is 5.69 Å². The first-order valence-electron chi connectivity index (χ1n) is 7.10. The third-order valence-corrected chi connectivity index (χ3v) is 4.02. The molecule has 2 aromatic rings. The van der Waals surface area contributed by atoms with E-state index in [0.29, 0.717) is 5.82 Å². The maximum atomic E-state index is 11.4. The summed E-state index contributed by atoms with van der Waals surface area (Å²) >= 11 is 0. The minimum absolute atomic E-state index is 0.180. The van der Waals surface area contributed by atoms with E-state index in [1.54, 1.807) is 7.11 Å². The molecule has 21 heavy (non-hydrogen) atoms. The van der Waals surface area contributed by atoms with Crippen molar-refractivity contribution in [2.24, 2.45) is 0 Å². The number of rotatable bonds is 3. The van der Waals surface area contributed by atoms with Gasteiger partial charge in [0.05, 0.1) is 12.8 Å². The van der Waals surface area contributed by atoms with Gasteiger partial charge in [-0.05, 0) is 38.3 Å². The first-order valence-corrected chi connectivity index (χ1v) is 7.10. The quantitative estimate of drug-likeness (QED) is 0.941. The maximum absolute atomic E-state index is 11.4. The van der Waals surface area contributed by atoms with Crippen molar-refractivity contribution in [1.82, 2.24) is 9.55 Å². The molecular formula is C16H18N2O3. The molecule has 110 valence electrons. The van der Waals surface area contributed by atoms with Crippen LogP contribution in [0.4, 0.5) is 0 Å². The molecule has 2 heterocycles. The van der Waals surface area contributed by atoms with Crippen LogP contribution in [0.2, 0.25) is 0 Å². The van der Waals surface area contributed by atoms with Crippen molar-refractivity contribution in [3.63, 3.8) is 0 Å². The standard InChI is InChI=1S/C16H18N2O3/c1-10-5-3-8-13-14(16(19)20)17-15(18(10)13)11-6-4-7-12(9-11)21-2/h4,6-7,9-10H,3,5,8H2,1-2H3,(H,19,20). The Morgan fingerprint density at radius 1 is 1.48 bits per heavy atom. The third-order valence-electron chi connectivity index (χ3n) is 4.02. The highest BCUT2D eigenvalue weighted by Crippen LogP contribution is 2.34. The molecule has 5 nitrogen and oxygen atoms in total. The van der Waals surface area contributed by atoms with Crippen molar-refractivity contribution in [2.75, 3.05) is 7.11 Å². The van der Waals surface area contributed by atoms with E-state index in [0.717, 1.165) is 36.3 Å². The Bertz CT molecular complexity index is 691. The van der Waals surface area contributed by atoms with Gasteiger partial charge in [-0.25, -0.2) is 9.78 Å². The summed E-state index contributed by atoms with van der Waals surface area (Å²) in [4.78, 5) is 15.8. The van der Waals surface area contributed by atoms with Gasteiger partial charge in [-0.1, -0.05) is 12.1 Å². The van der Waals surface area contributed by atoms with Crippen LogP contribution in [0.15, 0.2) is 24.3 Å². The zero-order valence-corrected chi connectivity index (χ0v) is 12.2. The van der Waals surface area contributed by atoms with Crippen LogP contribution in [0.25, 0.3) is 11.4 Å². The van der Waals surface area contributed by atoms with Crippen molar-refractivity contribution in [3.8, 4) is 17.1 Å². The first kappa shape index (κ1) is 13.7. The minimum atomic E-state index is -0.956. The van der Waals surface area contributed by atoms with E-state index in [-0.39, 0.29) is 11.7 Å². The number of fused-ring (bicyclic) bond motifs is 1. The molecule has 0 bridgehead atoms. The largest absolute Gasteiger partial charge is 0.497 e. The second-order valence-corrected chi connectivity index (χ2v) is 5.38. The van der Waals surface area contributed by atoms with Crippen LogP contribution < -0.4 is 4.74 Å². The predicted molar refractivity (Wildman–Crippen MR) is 78.8 cm³/mol. The highest BCUT2D eigenvalue weighted by atomic mass is 16.5. The fraction of sp³-hybridized carbons (Fsp3) is 0.375. The van der Waals surface area contributed by atoms with Crippen molar-refractivity contribution in [3.05, 3.63) is 35.7 Å². The number of ether oxygens (including phenoxy) is 1. The topological polar surface area (TPSA) is 64.3 Å². The summed E-state index contributed by atoms with van der Waals surface area (Å²) in [7, 11) is 1.62. The molecule has 0 spiro atoms. The van der Waals surface area contributed by atoms with Crippen molar-refractivity contribution < 1.29 is 14.6 Å². The van der Waals surface area contributed by atoms with Gasteiger partial charge < -0.3 is 14.4 Å². The number of hydrogen-bond donors (Lipinski definition) is 1. The number of nitrogens with zero attached hydrogens (tertiary/aromatic N) is 2. The van der Waals surface area contributed by atoms with Crippen molar-refractivity contribution in [2.45, 2.75) is 32.2 Å². The Labute approximate surface area is 123 Å². The normalized spacial score (nSPS) is 17.3. The molecule has 1 unspecified atom stereocenters. The van der Waals surface area contributed by atoms with Crippen molar-refractivity contribution >= 4 is 5.97 Å². The fourth-order valence-electron chi connectivity index (χ4n) is 3.01. The summed E-state index contributed by atoms with van der Waals surface area (Å²) in [6, 6.07) is 7.85. The number of aromatic carboxylic acids is 1. The van der Waals surface area contributed by atoms with Crippen LogP contribution in [0.1, 0.15) is 42.0 Å². The SMILES string of the molecule is COc1cccc(-c2nc(C(=O)O)c3n2C(C)CCC3)c1. The molecule has 1 atom stereocenters.